The number of nitrogens with one attached hydrogen (secondary N) is 1. The summed E-state index contributed by atoms with van der Waals surface area (Å²) in [4.78, 5) is 0. The molecule has 0 amide bonds. The lowest BCUT2D eigenvalue weighted by atomic mass is 9.97. The molecular weight excluding hydrogens is 218 g/mol. The molecule has 3 atom stereocenters. The molecule has 1 heteroatoms. The summed E-state index contributed by atoms with van der Waals surface area (Å²) in [5.74, 6) is 1.59. The van der Waals surface area contributed by atoms with Crippen molar-refractivity contribution >= 4 is 0 Å². The summed E-state index contributed by atoms with van der Waals surface area (Å²) in [6, 6.07) is 11.7. The minimum atomic E-state index is 0.667. The maximum absolute atomic E-state index is 3.78. The van der Waals surface area contributed by atoms with E-state index in [0.29, 0.717) is 5.92 Å². The fourth-order valence-electron chi connectivity index (χ4n) is 3.23. The van der Waals surface area contributed by atoms with Gasteiger partial charge in [-0.1, -0.05) is 57.0 Å². The molecule has 18 heavy (non-hydrogen) atoms. The smallest absolute Gasteiger partial charge is 0.00952 e. The molecule has 1 aromatic rings. The van der Waals surface area contributed by atoms with E-state index >= 15 is 0 Å². The molecule has 1 aliphatic carbocycles. The van der Waals surface area contributed by atoms with E-state index in [1.165, 1.54) is 37.7 Å². The van der Waals surface area contributed by atoms with Gasteiger partial charge in [-0.15, -0.1) is 0 Å². The Morgan fingerprint density at radius 1 is 1.22 bits per heavy atom. The van der Waals surface area contributed by atoms with E-state index in [1.54, 1.807) is 0 Å². The summed E-state index contributed by atoms with van der Waals surface area (Å²) in [7, 11) is 0. The summed E-state index contributed by atoms with van der Waals surface area (Å²) in [5.41, 5.74) is 1.47. The van der Waals surface area contributed by atoms with Crippen molar-refractivity contribution in [1.82, 2.24) is 5.32 Å². The summed E-state index contributed by atoms with van der Waals surface area (Å²) in [6.45, 7) is 5.83. The summed E-state index contributed by atoms with van der Waals surface area (Å²) in [5, 5.41) is 3.78. The Balaban J connectivity index is 1.72. The van der Waals surface area contributed by atoms with Gasteiger partial charge in [0.2, 0.25) is 0 Å². The lowest BCUT2D eigenvalue weighted by Gasteiger charge is -2.21. The van der Waals surface area contributed by atoms with E-state index in [4.69, 9.17) is 0 Å². The Hall–Kier alpha value is -0.820. The average molecular weight is 245 g/mol. The molecule has 1 N–H and O–H groups in total. The highest BCUT2D eigenvalue weighted by molar-refractivity contribution is 5.18. The first-order chi connectivity index (χ1) is 8.81. The van der Waals surface area contributed by atoms with Gasteiger partial charge in [0.1, 0.15) is 0 Å². The van der Waals surface area contributed by atoms with Crippen molar-refractivity contribution in [1.29, 1.82) is 0 Å². The Labute approximate surface area is 112 Å². The lowest BCUT2D eigenvalue weighted by molar-refractivity contribution is 0.384. The largest absolute Gasteiger partial charge is 0.314 e. The fourth-order valence-corrected chi connectivity index (χ4v) is 3.23. The SMILES string of the molecule is CCC1CCCC1NCCC(C)c1ccccc1. The molecule has 1 saturated carbocycles. The first kappa shape index (κ1) is 13.6. The molecule has 1 fully saturated rings. The van der Waals surface area contributed by atoms with Gasteiger partial charge in [0.25, 0.3) is 0 Å². The van der Waals surface area contributed by atoms with Crippen LogP contribution in [0.3, 0.4) is 0 Å². The quantitative estimate of drug-likeness (QED) is 0.785. The molecule has 100 valence electrons. The predicted octanol–water partition coefficient (Wildman–Crippen LogP) is 4.35. The molecule has 3 unspecified atom stereocenters. The number of benzene rings is 1. The third-order valence-corrected chi connectivity index (χ3v) is 4.54. The van der Waals surface area contributed by atoms with Crippen LogP contribution in [0.15, 0.2) is 30.3 Å². The van der Waals surface area contributed by atoms with E-state index in [0.717, 1.165) is 18.5 Å². The van der Waals surface area contributed by atoms with Crippen molar-refractivity contribution in [3.05, 3.63) is 35.9 Å². The number of rotatable bonds is 6. The molecule has 1 nitrogen and oxygen atoms in total. The standard InChI is InChI=1S/C17H27N/c1-3-15-10-7-11-17(15)18-13-12-14(2)16-8-5-4-6-9-16/h4-6,8-9,14-15,17-18H,3,7,10-13H2,1-2H3. The van der Waals surface area contributed by atoms with Crippen LogP contribution in [0.1, 0.15) is 57.4 Å². The molecule has 0 aliphatic heterocycles. The highest BCUT2D eigenvalue weighted by Gasteiger charge is 2.24. The van der Waals surface area contributed by atoms with Gasteiger partial charge in [-0.25, -0.2) is 0 Å². The molecule has 0 spiro atoms. The van der Waals surface area contributed by atoms with Crippen LogP contribution >= 0.6 is 0 Å². The van der Waals surface area contributed by atoms with Gasteiger partial charge < -0.3 is 5.32 Å². The van der Waals surface area contributed by atoms with Gasteiger partial charge in [-0.3, -0.25) is 0 Å². The zero-order valence-corrected chi connectivity index (χ0v) is 11.9. The Morgan fingerprint density at radius 2 is 2.00 bits per heavy atom. The Kier molecular flexibility index (Phi) is 5.25. The maximum Gasteiger partial charge on any atom is 0.00952 e. The van der Waals surface area contributed by atoms with Crippen molar-refractivity contribution in [3.63, 3.8) is 0 Å². The van der Waals surface area contributed by atoms with Crippen molar-refractivity contribution in [2.75, 3.05) is 6.54 Å². The zero-order valence-electron chi connectivity index (χ0n) is 11.9. The highest BCUT2D eigenvalue weighted by Crippen LogP contribution is 2.28. The molecule has 1 aromatic carbocycles. The highest BCUT2D eigenvalue weighted by atomic mass is 14.9. The third-order valence-electron chi connectivity index (χ3n) is 4.54. The molecule has 0 bridgehead atoms. The maximum atomic E-state index is 3.78. The second kappa shape index (κ2) is 6.94. The third kappa shape index (κ3) is 3.58. The average Bonchev–Trinajstić information content (AvgIpc) is 2.87. The molecule has 1 aliphatic rings. The van der Waals surface area contributed by atoms with E-state index < -0.39 is 0 Å². The Bertz CT molecular complexity index is 333. The normalized spacial score (nSPS) is 25.2. The van der Waals surface area contributed by atoms with Crippen molar-refractivity contribution in [2.45, 2.75) is 57.9 Å². The first-order valence-corrected chi connectivity index (χ1v) is 7.59. The van der Waals surface area contributed by atoms with Gasteiger partial charge in [0, 0.05) is 6.04 Å². The minimum Gasteiger partial charge on any atom is -0.314 e. The van der Waals surface area contributed by atoms with Crippen LogP contribution in [0.2, 0.25) is 0 Å². The van der Waals surface area contributed by atoms with E-state index in [9.17, 15) is 0 Å². The molecule has 0 heterocycles. The van der Waals surface area contributed by atoms with Crippen molar-refractivity contribution in [2.24, 2.45) is 5.92 Å². The summed E-state index contributed by atoms with van der Waals surface area (Å²) < 4.78 is 0. The molecule has 0 saturated heterocycles. The summed E-state index contributed by atoms with van der Waals surface area (Å²) >= 11 is 0. The van der Waals surface area contributed by atoms with Gasteiger partial charge in [-0.2, -0.15) is 0 Å². The van der Waals surface area contributed by atoms with Crippen LogP contribution in [0.25, 0.3) is 0 Å². The van der Waals surface area contributed by atoms with Gasteiger partial charge in [0.05, 0.1) is 0 Å². The molecular formula is C17H27N. The van der Waals surface area contributed by atoms with Gasteiger partial charge >= 0.3 is 0 Å². The van der Waals surface area contributed by atoms with E-state index in [1.807, 2.05) is 0 Å². The Morgan fingerprint density at radius 3 is 2.72 bits per heavy atom. The fraction of sp³-hybridized carbons (Fsp3) is 0.647. The van der Waals surface area contributed by atoms with Crippen LogP contribution in [0.4, 0.5) is 0 Å². The molecule has 0 aromatic heterocycles. The lowest BCUT2D eigenvalue weighted by Crippen LogP contribution is -2.33. The second-order valence-corrected chi connectivity index (χ2v) is 5.76. The number of hydrogen-bond donors (Lipinski definition) is 1. The predicted molar refractivity (Wildman–Crippen MR) is 78.9 cm³/mol. The van der Waals surface area contributed by atoms with E-state index in [-0.39, 0.29) is 0 Å². The van der Waals surface area contributed by atoms with Crippen LogP contribution in [0.5, 0.6) is 0 Å². The van der Waals surface area contributed by atoms with Crippen molar-refractivity contribution in [3.8, 4) is 0 Å². The van der Waals surface area contributed by atoms with Gasteiger partial charge in [-0.05, 0) is 43.2 Å². The summed E-state index contributed by atoms with van der Waals surface area (Å²) in [6.07, 6.45) is 6.83. The van der Waals surface area contributed by atoms with Crippen LogP contribution in [-0.2, 0) is 0 Å². The van der Waals surface area contributed by atoms with E-state index in [2.05, 4.69) is 49.5 Å². The second-order valence-electron chi connectivity index (χ2n) is 5.76. The molecule has 0 radical (unpaired) electrons. The van der Waals surface area contributed by atoms with Crippen LogP contribution < -0.4 is 5.32 Å². The molecule has 2 rings (SSSR count). The first-order valence-electron chi connectivity index (χ1n) is 7.59. The minimum absolute atomic E-state index is 0.667. The van der Waals surface area contributed by atoms with Gasteiger partial charge in [0.15, 0.2) is 0 Å². The zero-order chi connectivity index (χ0) is 12.8. The van der Waals surface area contributed by atoms with Crippen LogP contribution in [0, 0.1) is 5.92 Å². The number of hydrogen-bond acceptors (Lipinski definition) is 1. The monoisotopic (exact) mass is 245 g/mol. The van der Waals surface area contributed by atoms with Crippen molar-refractivity contribution < 1.29 is 0 Å². The topological polar surface area (TPSA) is 12.0 Å². The van der Waals surface area contributed by atoms with Crippen LogP contribution in [-0.4, -0.2) is 12.6 Å².